The van der Waals surface area contributed by atoms with Gasteiger partial charge in [0.1, 0.15) is 12.8 Å². The van der Waals surface area contributed by atoms with E-state index in [4.69, 9.17) is 14.2 Å². The largest absolute Gasteiger partial charge is 0.490 e. The number of hydrogen-bond acceptors (Lipinski definition) is 4. The molecule has 4 nitrogen and oxygen atoms in total. The Balaban J connectivity index is 0.00000162. The molecule has 1 heterocycles. The molecule has 0 bridgehead atoms. The number of rotatable bonds is 5. The Kier molecular flexibility index (Phi) is 6.86. The summed E-state index contributed by atoms with van der Waals surface area (Å²) in [5.74, 6) is 1.55. The van der Waals surface area contributed by atoms with E-state index in [2.05, 4.69) is 5.32 Å². The Morgan fingerprint density at radius 3 is 2.61 bits per heavy atom. The van der Waals surface area contributed by atoms with E-state index < -0.39 is 0 Å². The fraction of sp³-hybridized carbons (Fsp3) is 0.538. The molecule has 102 valence electrons. The second kappa shape index (κ2) is 8.19. The highest BCUT2D eigenvalue weighted by Gasteiger charge is 2.14. The molecule has 1 aliphatic rings. The van der Waals surface area contributed by atoms with Crippen molar-refractivity contribution in [3.05, 3.63) is 24.3 Å². The molecule has 1 aromatic rings. The molecular formula is C13H20ClNO3. The minimum Gasteiger partial charge on any atom is -0.490 e. The van der Waals surface area contributed by atoms with Crippen molar-refractivity contribution in [1.29, 1.82) is 0 Å². The summed E-state index contributed by atoms with van der Waals surface area (Å²) < 4.78 is 16.7. The summed E-state index contributed by atoms with van der Waals surface area (Å²) >= 11 is 0. The maximum atomic E-state index is 5.72. The molecule has 1 saturated heterocycles. The van der Waals surface area contributed by atoms with E-state index in [1.807, 2.05) is 31.2 Å². The Morgan fingerprint density at radius 2 is 2.00 bits per heavy atom. The van der Waals surface area contributed by atoms with Crippen molar-refractivity contribution in [3.8, 4) is 11.5 Å². The van der Waals surface area contributed by atoms with Crippen molar-refractivity contribution in [2.75, 3.05) is 26.4 Å². The third kappa shape index (κ3) is 4.37. The minimum absolute atomic E-state index is 0. The zero-order valence-corrected chi connectivity index (χ0v) is 11.4. The van der Waals surface area contributed by atoms with Crippen molar-refractivity contribution in [2.45, 2.75) is 19.6 Å². The highest BCUT2D eigenvalue weighted by Crippen LogP contribution is 2.26. The number of halogens is 1. The zero-order valence-electron chi connectivity index (χ0n) is 10.6. The molecule has 1 N–H and O–H groups in total. The van der Waals surface area contributed by atoms with Gasteiger partial charge in [0.2, 0.25) is 0 Å². The van der Waals surface area contributed by atoms with Crippen LogP contribution in [0.25, 0.3) is 0 Å². The molecule has 0 unspecified atom stereocenters. The summed E-state index contributed by atoms with van der Waals surface area (Å²) in [5.41, 5.74) is 0. The van der Waals surface area contributed by atoms with Gasteiger partial charge in [-0.05, 0) is 32.0 Å². The van der Waals surface area contributed by atoms with Gasteiger partial charge in [-0.25, -0.2) is 0 Å². The average molecular weight is 274 g/mol. The molecule has 18 heavy (non-hydrogen) atoms. The van der Waals surface area contributed by atoms with Crippen molar-refractivity contribution in [2.24, 2.45) is 0 Å². The molecule has 2 rings (SSSR count). The smallest absolute Gasteiger partial charge is 0.161 e. The van der Waals surface area contributed by atoms with E-state index in [-0.39, 0.29) is 18.6 Å². The highest BCUT2D eigenvalue weighted by molar-refractivity contribution is 5.85. The van der Waals surface area contributed by atoms with Crippen LogP contribution in [0.15, 0.2) is 24.3 Å². The molecule has 1 fully saturated rings. The summed E-state index contributed by atoms with van der Waals surface area (Å²) in [5, 5.41) is 3.25. The molecule has 5 heteroatoms. The van der Waals surface area contributed by atoms with Crippen LogP contribution in [0.3, 0.4) is 0 Å². The summed E-state index contributed by atoms with van der Waals surface area (Å²) in [4.78, 5) is 0. The molecule has 0 amide bonds. The standard InChI is InChI=1S/C13H19NO3.ClH/c1-2-15-11-6-3-4-7-12(11)17-10-13-14-8-5-9-16-13;/h3-4,6-7,13-14H,2,5,8-10H2,1H3;1H/t13-;/m1./s1. The summed E-state index contributed by atoms with van der Waals surface area (Å²) in [6, 6.07) is 7.70. The van der Waals surface area contributed by atoms with Crippen LogP contribution in [0.1, 0.15) is 13.3 Å². The van der Waals surface area contributed by atoms with Crippen LogP contribution >= 0.6 is 12.4 Å². The third-order valence-electron chi connectivity index (χ3n) is 2.55. The van der Waals surface area contributed by atoms with Gasteiger partial charge < -0.3 is 14.2 Å². The van der Waals surface area contributed by atoms with Crippen molar-refractivity contribution >= 4 is 12.4 Å². The Morgan fingerprint density at radius 1 is 1.28 bits per heavy atom. The fourth-order valence-electron chi connectivity index (χ4n) is 1.74. The first-order valence-electron chi connectivity index (χ1n) is 6.09. The maximum Gasteiger partial charge on any atom is 0.161 e. The van der Waals surface area contributed by atoms with Crippen LogP contribution in [0.2, 0.25) is 0 Å². The average Bonchev–Trinajstić information content (AvgIpc) is 2.39. The lowest BCUT2D eigenvalue weighted by Gasteiger charge is -2.24. The predicted molar refractivity (Wildman–Crippen MR) is 72.7 cm³/mol. The van der Waals surface area contributed by atoms with Crippen LogP contribution in [-0.2, 0) is 4.74 Å². The quantitative estimate of drug-likeness (QED) is 0.893. The summed E-state index contributed by atoms with van der Waals surface area (Å²) in [6.45, 7) is 4.89. The molecule has 0 radical (unpaired) electrons. The van der Waals surface area contributed by atoms with E-state index in [1.165, 1.54) is 0 Å². The lowest BCUT2D eigenvalue weighted by atomic mass is 10.3. The van der Waals surface area contributed by atoms with E-state index in [1.54, 1.807) is 0 Å². The van der Waals surface area contributed by atoms with Crippen LogP contribution in [0, 0.1) is 0 Å². The third-order valence-corrected chi connectivity index (χ3v) is 2.55. The van der Waals surface area contributed by atoms with Crippen LogP contribution < -0.4 is 14.8 Å². The van der Waals surface area contributed by atoms with Crippen molar-refractivity contribution in [3.63, 3.8) is 0 Å². The van der Waals surface area contributed by atoms with Crippen LogP contribution in [0.5, 0.6) is 11.5 Å². The lowest BCUT2D eigenvalue weighted by molar-refractivity contribution is -0.0255. The first kappa shape index (κ1) is 15.1. The van der Waals surface area contributed by atoms with Gasteiger partial charge in [0.05, 0.1) is 13.2 Å². The SMILES string of the molecule is CCOc1ccccc1OC[C@@H]1NCCCO1.Cl. The summed E-state index contributed by atoms with van der Waals surface area (Å²) in [7, 11) is 0. The van der Waals surface area contributed by atoms with Crippen molar-refractivity contribution < 1.29 is 14.2 Å². The topological polar surface area (TPSA) is 39.7 Å². The van der Waals surface area contributed by atoms with E-state index in [9.17, 15) is 0 Å². The van der Waals surface area contributed by atoms with Gasteiger partial charge in [0, 0.05) is 0 Å². The molecule has 1 atom stereocenters. The van der Waals surface area contributed by atoms with Crippen LogP contribution in [0.4, 0.5) is 0 Å². The molecule has 1 aromatic carbocycles. The second-order valence-electron chi connectivity index (χ2n) is 3.86. The molecule has 1 aliphatic heterocycles. The van der Waals surface area contributed by atoms with E-state index in [0.717, 1.165) is 31.1 Å². The first-order valence-corrected chi connectivity index (χ1v) is 6.09. The Hall–Kier alpha value is -0.970. The number of hydrogen-bond donors (Lipinski definition) is 1. The first-order chi connectivity index (χ1) is 8.40. The van der Waals surface area contributed by atoms with Gasteiger partial charge in [-0.15, -0.1) is 12.4 Å². The minimum atomic E-state index is -0.0153. The van der Waals surface area contributed by atoms with Gasteiger partial charge in [-0.1, -0.05) is 12.1 Å². The molecule has 0 aliphatic carbocycles. The van der Waals surface area contributed by atoms with E-state index >= 15 is 0 Å². The Labute approximate surface area is 114 Å². The molecule has 0 aromatic heterocycles. The molecular weight excluding hydrogens is 254 g/mol. The second-order valence-corrected chi connectivity index (χ2v) is 3.86. The van der Waals surface area contributed by atoms with Gasteiger partial charge in [0.25, 0.3) is 0 Å². The van der Waals surface area contributed by atoms with Gasteiger partial charge in [-0.3, -0.25) is 5.32 Å². The summed E-state index contributed by atoms with van der Waals surface area (Å²) in [6.07, 6.45) is 1.05. The number of para-hydroxylation sites is 2. The number of benzene rings is 1. The van der Waals surface area contributed by atoms with Crippen molar-refractivity contribution in [1.82, 2.24) is 5.32 Å². The number of nitrogens with one attached hydrogen (secondary N) is 1. The van der Waals surface area contributed by atoms with E-state index in [0.29, 0.717) is 13.2 Å². The fourth-order valence-corrected chi connectivity index (χ4v) is 1.74. The van der Waals surface area contributed by atoms with Gasteiger partial charge >= 0.3 is 0 Å². The number of ether oxygens (including phenoxy) is 3. The Bertz CT molecular complexity index is 343. The van der Waals surface area contributed by atoms with Crippen LogP contribution in [-0.4, -0.2) is 32.6 Å². The van der Waals surface area contributed by atoms with Gasteiger partial charge in [0.15, 0.2) is 11.5 Å². The molecule has 0 saturated carbocycles. The predicted octanol–water partition coefficient (Wildman–Crippen LogP) is 2.22. The normalized spacial score (nSPS) is 18.8. The zero-order chi connectivity index (χ0) is 11.9. The lowest BCUT2D eigenvalue weighted by Crippen LogP contribution is -2.42. The molecule has 0 spiro atoms. The maximum absolute atomic E-state index is 5.72. The monoisotopic (exact) mass is 273 g/mol. The van der Waals surface area contributed by atoms with Gasteiger partial charge in [-0.2, -0.15) is 0 Å². The highest BCUT2D eigenvalue weighted by atomic mass is 35.5.